The smallest absolute Gasteiger partial charge is 0.300 e. The topological polar surface area (TPSA) is 83.7 Å². The van der Waals surface area contributed by atoms with Crippen molar-refractivity contribution in [3.8, 4) is 0 Å². The molecular weight excluding hydrogens is 260 g/mol. The summed E-state index contributed by atoms with van der Waals surface area (Å²) < 4.78 is 0. The van der Waals surface area contributed by atoms with Gasteiger partial charge in [0.15, 0.2) is 0 Å². The predicted octanol–water partition coefficient (Wildman–Crippen LogP) is 1.46. The molecule has 1 heterocycles. The number of hydrogen-bond donors (Lipinski definition) is 1. The van der Waals surface area contributed by atoms with E-state index in [0.29, 0.717) is 0 Å². The summed E-state index contributed by atoms with van der Waals surface area (Å²) in [5.41, 5.74) is -1.36. The number of hydrogen-bond acceptors (Lipinski definition) is 4. The van der Waals surface area contributed by atoms with Crippen molar-refractivity contribution in [1.29, 1.82) is 0 Å². The van der Waals surface area contributed by atoms with Crippen LogP contribution in [-0.2, 0) is 0 Å². The van der Waals surface area contributed by atoms with Crippen LogP contribution in [0.4, 0.5) is 5.69 Å². The largest absolute Gasteiger partial charge is 0.386 e. The monoisotopic (exact) mass is 270 g/mol. The molecule has 1 aliphatic rings. The fourth-order valence-corrected chi connectivity index (χ4v) is 2.21. The van der Waals surface area contributed by atoms with Gasteiger partial charge in [-0.25, -0.2) is 0 Å². The number of β-amino-alcohol motifs (C(OH)–C–C–N with tert-alkyl or cyclic N) is 1. The van der Waals surface area contributed by atoms with Crippen molar-refractivity contribution in [2.75, 3.05) is 13.1 Å². The maximum absolute atomic E-state index is 12.0. The molecule has 1 saturated heterocycles. The van der Waals surface area contributed by atoms with Crippen molar-refractivity contribution in [1.82, 2.24) is 4.90 Å². The van der Waals surface area contributed by atoms with Gasteiger partial charge < -0.3 is 10.0 Å². The van der Waals surface area contributed by atoms with Crippen molar-refractivity contribution in [2.24, 2.45) is 0 Å². The Balaban J connectivity index is 2.32. The molecule has 0 radical (unpaired) electrons. The van der Waals surface area contributed by atoms with Crippen LogP contribution in [0.15, 0.2) is 18.2 Å². The highest BCUT2D eigenvalue weighted by Gasteiger charge is 2.41. The first kappa shape index (κ1) is 12.8. The molecule has 0 aliphatic carbocycles. The van der Waals surface area contributed by atoms with Gasteiger partial charge in [0.2, 0.25) is 0 Å². The molecular formula is C11H11ClN2O4. The van der Waals surface area contributed by atoms with Gasteiger partial charge in [0.1, 0.15) is 10.6 Å². The van der Waals surface area contributed by atoms with E-state index in [1.807, 2.05) is 0 Å². The van der Waals surface area contributed by atoms with Crippen LogP contribution < -0.4 is 0 Å². The number of halogens is 1. The number of carbonyl (C=O) groups is 1. The molecule has 1 amide bonds. The fourth-order valence-electron chi connectivity index (χ4n) is 1.96. The summed E-state index contributed by atoms with van der Waals surface area (Å²) in [4.78, 5) is 23.6. The van der Waals surface area contributed by atoms with Crippen LogP contribution in [0.25, 0.3) is 0 Å². The van der Waals surface area contributed by atoms with Crippen LogP contribution in [-0.4, -0.2) is 39.5 Å². The van der Waals surface area contributed by atoms with E-state index in [1.54, 1.807) is 6.92 Å². The Morgan fingerprint density at radius 2 is 2.17 bits per heavy atom. The minimum Gasteiger partial charge on any atom is -0.386 e. The number of nitrogens with zero attached hydrogens (tertiary/aromatic N) is 2. The number of likely N-dealkylation sites (tertiary alicyclic amines) is 1. The number of aliphatic hydroxyl groups is 1. The highest BCUT2D eigenvalue weighted by Crippen LogP contribution is 2.31. The maximum atomic E-state index is 12.0. The van der Waals surface area contributed by atoms with Crippen LogP contribution in [0.3, 0.4) is 0 Å². The van der Waals surface area contributed by atoms with Gasteiger partial charge in [-0.2, -0.15) is 0 Å². The third-order valence-corrected chi connectivity index (χ3v) is 3.05. The minimum absolute atomic E-state index is 0.0528. The molecule has 96 valence electrons. The molecule has 6 nitrogen and oxygen atoms in total. The van der Waals surface area contributed by atoms with Gasteiger partial charge in [-0.1, -0.05) is 17.7 Å². The Bertz CT molecular complexity index is 522. The molecule has 7 heteroatoms. The highest BCUT2D eigenvalue weighted by atomic mass is 35.5. The van der Waals surface area contributed by atoms with Crippen LogP contribution in [0.2, 0.25) is 5.02 Å². The van der Waals surface area contributed by atoms with E-state index < -0.39 is 22.1 Å². The predicted molar refractivity (Wildman–Crippen MR) is 64.6 cm³/mol. The second kappa shape index (κ2) is 4.22. The van der Waals surface area contributed by atoms with Gasteiger partial charge in [0.05, 0.1) is 23.6 Å². The van der Waals surface area contributed by atoms with E-state index in [9.17, 15) is 20.0 Å². The number of amides is 1. The van der Waals surface area contributed by atoms with Crippen molar-refractivity contribution in [2.45, 2.75) is 12.5 Å². The molecule has 0 atom stereocenters. The van der Waals surface area contributed by atoms with Crippen molar-refractivity contribution >= 4 is 23.2 Å². The van der Waals surface area contributed by atoms with E-state index in [1.165, 1.54) is 23.1 Å². The first-order chi connectivity index (χ1) is 8.32. The van der Waals surface area contributed by atoms with E-state index in [2.05, 4.69) is 0 Å². The zero-order valence-corrected chi connectivity index (χ0v) is 10.3. The van der Waals surface area contributed by atoms with Crippen LogP contribution in [0.1, 0.15) is 17.3 Å². The number of para-hydroxylation sites is 1. The molecule has 0 bridgehead atoms. The SMILES string of the molecule is CC1(O)CN(C(=O)c2cccc(Cl)c2[N+](=O)[O-])C1. The molecule has 2 rings (SSSR count). The summed E-state index contributed by atoms with van der Waals surface area (Å²) in [7, 11) is 0. The van der Waals surface area contributed by atoms with Gasteiger partial charge in [-0.3, -0.25) is 14.9 Å². The summed E-state index contributed by atoms with van der Waals surface area (Å²) >= 11 is 5.73. The Morgan fingerprint density at radius 1 is 1.56 bits per heavy atom. The average molecular weight is 271 g/mol. The summed E-state index contributed by atoms with van der Waals surface area (Å²) in [5.74, 6) is -0.490. The minimum atomic E-state index is -0.914. The van der Waals surface area contributed by atoms with Gasteiger partial charge >= 0.3 is 5.69 Å². The number of carbonyl (C=O) groups excluding carboxylic acids is 1. The van der Waals surface area contributed by atoms with E-state index in [0.717, 1.165) is 0 Å². The van der Waals surface area contributed by atoms with Crippen LogP contribution in [0.5, 0.6) is 0 Å². The molecule has 1 aliphatic heterocycles. The van der Waals surface area contributed by atoms with Crippen LogP contribution in [0, 0.1) is 10.1 Å². The second-order valence-electron chi connectivity index (χ2n) is 4.55. The third kappa shape index (κ3) is 2.16. The lowest BCUT2D eigenvalue weighted by molar-refractivity contribution is -0.385. The normalized spacial score (nSPS) is 17.2. The lowest BCUT2D eigenvalue weighted by Gasteiger charge is -2.44. The van der Waals surface area contributed by atoms with E-state index >= 15 is 0 Å². The van der Waals surface area contributed by atoms with Crippen molar-refractivity contribution in [3.05, 3.63) is 38.9 Å². The van der Waals surface area contributed by atoms with Gasteiger partial charge in [-0.05, 0) is 19.1 Å². The molecule has 1 fully saturated rings. The number of benzene rings is 1. The lowest BCUT2D eigenvalue weighted by Crippen LogP contribution is -2.61. The lowest BCUT2D eigenvalue weighted by atomic mass is 9.95. The van der Waals surface area contributed by atoms with Crippen molar-refractivity contribution in [3.63, 3.8) is 0 Å². The van der Waals surface area contributed by atoms with E-state index in [4.69, 9.17) is 11.6 Å². The highest BCUT2D eigenvalue weighted by molar-refractivity contribution is 6.33. The molecule has 0 aromatic heterocycles. The molecule has 1 aromatic rings. The quantitative estimate of drug-likeness (QED) is 0.651. The van der Waals surface area contributed by atoms with Gasteiger partial charge in [0, 0.05) is 0 Å². The van der Waals surface area contributed by atoms with Crippen LogP contribution >= 0.6 is 11.6 Å². The zero-order valence-electron chi connectivity index (χ0n) is 9.59. The first-order valence-corrected chi connectivity index (χ1v) is 5.64. The van der Waals surface area contributed by atoms with Gasteiger partial charge in [0.25, 0.3) is 5.91 Å². The molecule has 1 N–H and O–H groups in total. The first-order valence-electron chi connectivity index (χ1n) is 5.26. The standard InChI is InChI=1S/C11H11ClN2O4/c1-11(16)5-13(6-11)10(15)7-3-2-4-8(12)9(7)14(17)18/h2-4,16H,5-6H2,1H3. The maximum Gasteiger partial charge on any atom is 0.300 e. The third-order valence-electron chi connectivity index (χ3n) is 2.75. The van der Waals surface area contributed by atoms with E-state index in [-0.39, 0.29) is 23.7 Å². The molecule has 0 unspecified atom stereocenters. The number of rotatable bonds is 2. The Hall–Kier alpha value is -1.66. The molecule has 0 spiro atoms. The number of nitro benzene ring substituents is 1. The summed E-state index contributed by atoms with van der Waals surface area (Å²) in [5, 5.41) is 20.4. The molecule has 1 aromatic carbocycles. The molecule has 18 heavy (non-hydrogen) atoms. The Morgan fingerprint density at radius 3 is 2.67 bits per heavy atom. The second-order valence-corrected chi connectivity index (χ2v) is 4.96. The summed E-state index contributed by atoms with van der Waals surface area (Å²) in [6.07, 6.45) is 0. The van der Waals surface area contributed by atoms with Crippen molar-refractivity contribution < 1.29 is 14.8 Å². The fraction of sp³-hybridized carbons (Fsp3) is 0.364. The Labute approximate surface area is 108 Å². The number of nitro groups is 1. The summed E-state index contributed by atoms with van der Waals surface area (Å²) in [6, 6.07) is 4.21. The average Bonchev–Trinajstić information content (AvgIpc) is 2.23. The zero-order chi connectivity index (χ0) is 13.5. The summed E-state index contributed by atoms with van der Waals surface area (Å²) in [6.45, 7) is 1.92. The van der Waals surface area contributed by atoms with Gasteiger partial charge in [-0.15, -0.1) is 0 Å². The Kier molecular flexibility index (Phi) is 3.00. The molecule has 0 saturated carbocycles.